The van der Waals surface area contributed by atoms with Gasteiger partial charge in [0.2, 0.25) is 5.91 Å². The first kappa shape index (κ1) is 36.4. The smallest absolute Gasteiger partial charge is 0.315 e. The lowest BCUT2D eigenvalue weighted by atomic mass is 9.47. The Morgan fingerprint density at radius 3 is 2.20 bits per heavy atom. The number of nitrogens with zero attached hydrogens (tertiary/aromatic N) is 3. The highest BCUT2D eigenvalue weighted by molar-refractivity contribution is 5.94. The van der Waals surface area contributed by atoms with Crippen LogP contribution in [0.2, 0.25) is 0 Å². The van der Waals surface area contributed by atoms with Crippen LogP contribution in [0.1, 0.15) is 124 Å². The van der Waals surface area contributed by atoms with Gasteiger partial charge in [-0.2, -0.15) is 0 Å². The zero-order valence-corrected chi connectivity index (χ0v) is 30.5. The molecule has 0 aromatic carbocycles. The van der Waals surface area contributed by atoms with Crippen molar-refractivity contribution in [1.82, 2.24) is 14.7 Å². The predicted molar refractivity (Wildman–Crippen MR) is 186 cm³/mol. The van der Waals surface area contributed by atoms with Gasteiger partial charge in [-0.1, -0.05) is 58.6 Å². The minimum Gasteiger partial charge on any atom is -0.462 e. The van der Waals surface area contributed by atoms with E-state index in [2.05, 4.69) is 71.8 Å². The minimum absolute atomic E-state index is 0.0853. The summed E-state index contributed by atoms with van der Waals surface area (Å²) in [4.78, 5) is 32.4. The summed E-state index contributed by atoms with van der Waals surface area (Å²) >= 11 is 0. The first-order valence-corrected chi connectivity index (χ1v) is 18.8. The lowest BCUT2D eigenvalue weighted by molar-refractivity contribution is -0.155. The summed E-state index contributed by atoms with van der Waals surface area (Å²) in [5.41, 5.74) is 2.32. The maximum absolute atomic E-state index is 13.2. The van der Waals surface area contributed by atoms with Crippen LogP contribution in [-0.4, -0.2) is 87.0 Å². The Morgan fingerprint density at radius 1 is 0.867 bits per heavy atom. The second-order valence-corrected chi connectivity index (χ2v) is 17.0. The average molecular weight is 628 g/mol. The molecule has 0 saturated heterocycles. The SMILES string of the molecule is CC(C)CCCCC1CCC2C3CC=C4CC(OC(=O)CC(=O)N(CCCN(C)C)CCCN(C)C)CCC4(C)C3CCC12C. The first-order valence-electron chi connectivity index (χ1n) is 18.8. The molecule has 6 heteroatoms. The van der Waals surface area contributed by atoms with Crippen molar-refractivity contribution in [3.63, 3.8) is 0 Å². The molecule has 6 nitrogen and oxygen atoms in total. The minimum atomic E-state index is -0.341. The zero-order chi connectivity index (χ0) is 32.8. The highest BCUT2D eigenvalue weighted by Gasteiger charge is 2.58. The van der Waals surface area contributed by atoms with E-state index in [1.807, 2.05) is 4.90 Å². The number of allylic oxidation sites excluding steroid dienone is 1. The van der Waals surface area contributed by atoms with Crippen molar-refractivity contribution in [2.45, 2.75) is 130 Å². The van der Waals surface area contributed by atoms with Crippen molar-refractivity contribution >= 4 is 11.9 Å². The quantitative estimate of drug-likeness (QED) is 0.0756. The molecule has 0 aromatic rings. The molecule has 45 heavy (non-hydrogen) atoms. The summed E-state index contributed by atoms with van der Waals surface area (Å²) in [5.74, 6) is 3.79. The van der Waals surface area contributed by atoms with Crippen LogP contribution in [0.4, 0.5) is 0 Å². The van der Waals surface area contributed by atoms with Crippen LogP contribution in [0.15, 0.2) is 11.6 Å². The Balaban J connectivity index is 1.30. The van der Waals surface area contributed by atoms with E-state index in [4.69, 9.17) is 4.74 Å². The molecule has 0 heterocycles. The van der Waals surface area contributed by atoms with E-state index >= 15 is 0 Å². The molecule has 1 amide bonds. The fourth-order valence-electron chi connectivity index (χ4n) is 10.2. The van der Waals surface area contributed by atoms with Gasteiger partial charge in [-0.15, -0.1) is 0 Å². The third-order valence-corrected chi connectivity index (χ3v) is 12.9. The number of fused-ring (bicyclic) bond motifs is 5. The van der Waals surface area contributed by atoms with E-state index < -0.39 is 0 Å². The fraction of sp³-hybridized carbons (Fsp3) is 0.897. The second kappa shape index (κ2) is 16.1. The van der Waals surface area contributed by atoms with E-state index in [0.717, 1.165) is 74.8 Å². The average Bonchev–Trinajstić information content (AvgIpc) is 3.30. The Morgan fingerprint density at radius 2 is 1.56 bits per heavy atom. The largest absolute Gasteiger partial charge is 0.462 e. The number of hydrogen-bond acceptors (Lipinski definition) is 5. The van der Waals surface area contributed by atoms with Crippen LogP contribution in [0.25, 0.3) is 0 Å². The Kier molecular flexibility index (Phi) is 13.1. The standard InChI is InChI=1S/C39H69N3O3/c1-29(2)13-9-10-14-30-16-18-34-33-17-15-31-27-32(19-21-39(31,4)35(33)20-22-38(30,34)3)45-37(44)28-36(43)42(25-11-23-40(5)6)26-12-24-41(7)8/h15,29-30,32-35H,9-14,16-28H2,1-8H3. The number of hydrogen-bond donors (Lipinski definition) is 0. The van der Waals surface area contributed by atoms with Crippen LogP contribution in [-0.2, 0) is 14.3 Å². The summed E-state index contributed by atoms with van der Waals surface area (Å²) in [6, 6.07) is 0. The molecule has 7 atom stereocenters. The van der Waals surface area contributed by atoms with Crippen molar-refractivity contribution in [3.05, 3.63) is 11.6 Å². The highest BCUT2D eigenvalue weighted by Crippen LogP contribution is 2.66. The second-order valence-electron chi connectivity index (χ2n) is 17.0. The molecule has 4 aliphatic carbocycles. The number of esters is 1. The molecule has 3 saturated carbocycles. The molecule has 0 spiro atoms. The van der Waals surface area contributed by atoms with Crippen molar-refractivity contribution in [3.8, 4) is 0 Å². The molecule has 0 aliphatic heterocycles. The van der Waals surface area contributed by atoms with Crippen LogP contribution in [0.3, 0.4) is 0 Å². The molecule has 3 fully saturated rings. The summed E-state index contributed by atoms with van der Waals surface area (Å²) in [6.07, 6.45) is 19.5. The van der Waals surface area contributed by atoms with E-state index in [9.17, 15) is 9.59 Å². The number of carbonyl (C=O) groups excluding carboxylic acids is 2. The van der Waals surface area contributed by atoms with E-state index in [0.29, 0.717) is 18.5 Å². The fourth-order valence-corrected chi connectivity index (χ4v) is 10.2. The van der Waals surface area contributed by atoms with Gasteiger partial charge in [0, 0.05) is 19.5 Å². The summed E-state index contributed by atoms with van der Waals surface area (Å²) in [7, 11) is 8.22. The van der Waals surface area contributed by atoms with Gasteiger partial charge in [0.25, 0.3) is 0 Å². The maximum Gasteiger partial charge on any atom is 0.315 e. The normalized spacial score (nSPS) is 32.7. The van der Waals surface area contributed by atoms with Crippen molar-refractivity contribution in [2.75, 3.05) is 54.4 Å². The molecule has 0 bridgehead atoms. The molecular formula is C39H69N3O3. The van der Waals surface area contributed by atoms with Crippen molar-refractivity contribution < 1.29 is 14.3 Å². The lowest BCUT2D eigenvalue weighted by Crippen LogP contribution is -2.50. The van der Waals surface area contributed by atoms with Gasteiger partial charge >= 0.3 is 5.97 Å². The van der Waals surface area contributed by atoms with Gasteiger partial charge in [-0.25, -0.2) is 0 Å². The van der Waals surface area contributed by atoms with Crippen LogP contribution in [0.5, 0.6) is 0 Å². The van der Waals surface area contributed by atoms with Gasteiger partial charge in [-0.05, 0) is 146 Å². The van der Waals surface area contributed by atoms with Gasteiger partial charge in [0.15, 0.2) is 0 Å². The number of ether oxygens (including phenoxy) is 1. The third-order valence-electron chi connectivity index (χ3n) is 12.9. The maximum atomic E-state index is 13.2. The van der Waals surface area contributed by atoms with Gasteiger partial charge < -0.3 is 19.4 Å². The zero-order valence-electron chi connectivity index (χ0n) is 30.5. The number of unbranched alkanes of at least 4 members (excludes halogenated alkanes) is 1. The van der Waals surface area contributed by atoms with Gasteiger partial charge in [0.05, 0.1) is 0 Å². The highest BCUT2D eigenvalue weighted by atomic mass is 16.5. The molecular weight excluding hydrogens is 558 g/mol. The molecule has 258 valence electrons. The molecule has 4 rings (SSSR count). The monoisotopic (exact) mass is 628 g/mol. The van der Waals surface area contributed by atoms with Gasteiger partial charge in [-0.3, -0.25) is 9.59 Å². The molecule has 4 aliphatic rings. The Bertz CT molecular complexity index is 993. The van der Waals surface area contributed by atoms with E-state index in [1.54, 1.807) is 5.57 Å². The number of rotatable bonds is 16. The molecule has 0 aromatic heterocycles. The number of amides is 1. The number of carbonyl (C=O) groups is 2. The summed E-state index contributed by atoms with van der Waals surface area (Å²) < 4.78 is 6.04. The van der Waals surface area contributed by atoms with E-state index in [-0.39, 0.29) is 29.8 Å². The lowest BCUT2D eigenvalue weighted by Gasteiger charge is -2.58. The Hall–Kier alpha value is -1.40. The van der Waals surface area contributed by atoms with Crippen molar-refractivity contribution in [1.29, 1.82) is 0 Å². The van der Waals surface area contributed by atoms with Crippen LogP contribution in [0, 0.1) is 40.4 Å². The topological polar surface area (TPSA) is 53.1 Å². The third kappa shape index (κ3) is 9.15. The van der Waals surface area contributed by atoms with Gasteiger partial charge in [0.1, 0.15) is 12.5 Å². The van der Waals surface area contributed by atoms with Crippen molar-refractivity contribution in [2.24, 2.45) is 40.4 Å². The molecule has 7 unspecified atom stereocenters. The summed E-state index contributed by atoms with van der Waals surface area (Å²) in [6.45, 7) is 13.2. The first-order chi connectivity index (χ1) is 21.3. The summed E-state index contributed by atoms with van der Waals surface area (Å²) in [5, 5.41) is 0. The van der Waals surface area contributed by atoms with Crippen LogP contribution >= 0.6 is 0 Å². The molecule has 0 N–H and O–H groups in total. The van der Waals surface area contributed by atoms with E-state index in [1.165, 1.54) is 57.8 Å². The Labute approximate surface area is 277 Å². The van der Waals surface area contributed by atoms with Crippen LogP contribution < -0.4 is 0 Å². The molecule has 0 radical (unpaired) electrons. The predicted octanol–water partition coefficient (Wildman–Crippen LogP) is 7.82.